The van der Waals surface area contributed by atoms with Gasteiger partial charge in [-0.15, -0.1) is 0 Å². The van der Waals surface area contributed by atoms with Crippen molar-refractivity contribution in [1.29, 1.82) is 0 Å². The van der Waals surface area contributed by atoms with E-state index in [1.54, 1.807) is 48.5 Å². The summed E-state index contributed by atoms with van der Waals surface area (Å²) >= 11 is 0. The zero-order chi connectivity index (χ0) is 19.8. The molecule has 2 aromatic carbocycles. The molecule has 0 heterocycles. The molecule has 0 spiro atoms. The molecule has 2 aromatic rings. The average Bonchev–Trinajstić information content (AvgIpc) is 2.71. The standard InChI is InChI=1S/C19H20N4O4/c1-26-19(25)15(11-20)27-14-10-6-5-9-13(14)16(21)18(24)23-17(22)12-7-3-2-4-8-12/h2-11,16H,20-21H2,1H3,(H2,22,23,24)/b15-11-. The van der Waals surface area contributed by atoms with Crippen molar-refractivity contribution in [2.45, 2.75) is 6.04 Å². The van der Waals surface area contributed by atoms with E-state index in [2.05, 4.69) is 9.73 Å². The number of benzene rings is 2. The van der Waals surface area contributed by atoms with E-state index in [4.69, 9.17) is 21.9 Å². The van der Waals surface area contributed by atoms with Crippen molar-refractivity contribution in [3.8, 4) is 5.75 Å². The summed E-state index contributed by atoms with van der Waals surface area (Å²) in [6.45, 7) is 0. The van der Waals surface area contributed by atoms with E-state index >= 15 is 0 Å². The van der Waals surface area contributed by atoms with E-state index in [0.717, 1.165) is 6.20 Å². The Kier molecular flexibility index (Phi) is 6.67. The average molecular weight is 368 g/mol. The van der Waals surface area contributed by atoms with Gasteiger partial charge in [-0.3, -0.25) is 4.79 Å². The number of nitrogens with two attached hydrogens (primary N) is 3. The molecule has 1 unspecified atom stereocenters. The predicted molar refractivity (Wildman–Crippen MR) is 100 cm³/mol. The molecule has 1 atom stereocenters. The third kappa shape index (κ3) is 4.93. The first kappa shape index (κ1) is 19.7. The fourth-order valence-corrected chi connectivity index (χ4v) is 2.19. The maximum Gasteiger partial charge on any atom is 0.375 e. The quantitative estimate of drug-likeness (QED) is 0.227. The number of rotatable bonds is 6. The first-order valence-electron chi connectivity index (χ1n) is 7.94. The van der Waals surface area contributed by atoms with E-state index in [1.165, 1.54) is 7.11 Å². The van der Waals surface area contributed by atoms with Crippen LogP contribution >= 0.6 is 0 Å². The highest BCUT2D eigenvalue weighted by Gasteiger charge is 2.22. The zero-order valence-electron chi connectivity index (χ0n) is 14.7. The Hall–Kier alpha value is -3.65. The Balaban J connectivity index is 2.27. The van der Waals surface area contributed by atoms with Crippen LogP contribution in [-0.2, 0) is 14.3 Å². The van der Waals surface area contributed by atoms with E-state index in [0.29, 0.717) is 11.1 Å². The summed E-state index contributed by atoms with van der Waals surface area (Å²) in [6, 6.07) is 14.1. The molecular weight excluding hydrogens is 348 g/mol. The molecular formula is C19H20N4O4. The number of carbonyl (C=O) groups is 2. The summed E-state index contributed by atoms with van der Waals surface area (Å²) in [5.41, 5.74) is 18.2. The molecule has 6 N–H and O–H groups in total. The van der Waals surface area contributed by atoms with Gasteiger partial charge < -0.3 is 26.7 Å². The molecule has 2 rings (SSSR count). The molecule has 0 aromatic heterocycles. The maximum atomic E-state index is 12.4. The van der Waals surface area contributed by atoms with Gasteiger partial charge in [-0.25, -0.2) is 4.79 Å². The summed E-state index contributed by atoms with van der Waals surface area (Å²) in [6.07, 6.45) is 0.960. The van der Waals surface area contributed by atoms with Crippen LogP contribution in [0, 0.1) is 0 Å². The molecule has 1 amide bonds. The number of amidine groups is 1. The van der Waals surface area contributed by atoms with Crippen molar-refractivity contribution < 1.29 is 19.1 Å². The first-order valence-corrected chi connectivity index (χ1v) is 7.94. The van der Waals surface area contributed by atoms with E-state index < -0.39 is 17.9 Å². The smallest absolute Gasteiger partial charge is 0.375 e. The summed E-state index contributed by atoms with van der Waals surface area (Å²) in [5.74, 6) is -1.44. The summed E-state index contributed by atoms with van der Waals surface area (Å²) in [4.78, 5) is 27.9. The number of amides is 1. The number of hydrogen-bond acceptors (Lipinski definition) is 6. The predicted octanol–water partition coefficient (Wildman–Crippen LogP) is 0.970. The second-order valence-corrected chi connectivity index (χ2v) is 5.34. The monoisotopic (exact) mass is 368 g/mol. The molecule has 0 aliphatic carbocycles. The number of aliphatic imine (C=N–C) groups is 1. The minimum Gasteiger partial charge on any atom is -0.463 e. The van der Waals surface area contributed by atoms with Crippen molar-refractivity contribution in [2.75, 3.05) is 7.11 Å². The van der Waals surface area contributed by atoms with Gasteiger partial charge in [-0.1, -0.05) is 48.5 Å². The fraction of sp³-hybridized carbons (Fsp3) is 0.105. The number of nitrogens with zero attached hydrogens (tertiary/aromatic N) is 1. The van der Waals surface area contributed by atoms with E-state index in [9.17, 15) is 9.59 Å². The van der Waals surface area contributed by atoms with Crippen LogP contribution in [0.5, 0.6) is 5.75 Å². The molecule has 140 valence electrons. The molecule has 0 saturated carbocycles. The van der Waals surface area contributed by atoms with Gasteiger partial charge in [0, 0.05) is 17.3 Å². The van der Waals surface area contributed by atoms with Gasteiger partial charge in [0.05, 0.1) is 7.11 Å². The minimum atomic E-state index is -1.15. The highest BCUT2D eigenvalue weighted by Crippen LogP contribution is 2.26. The lowest BCUT2D eigenvalue weighted by Gasteiger charge is -2.15. The highest BCUT2D eigenvalue weighted by molar-refractivity contribution is 6.05. The van der Waals surface area contributed by atoms with Crippen LogP contribution in [0.3, 0.4) is 0 Å². The summed E-state index contributed by atoms with van der Waals surface area (Å²) < 4.78 is 10.0. The highest BCUT2D eigenvalue weighted by atomic mass is 16.6. The Morgan fingerprint density at radius 2 is 1.70 bits per heavy atom. The van der Waals surface area contributed by atoms with Crippen LogP contribution in [0.15, 0.2) is 71.5 Å². The van der Waals surface area contributed by atoms with Gasteiger partial charge in [0.25, 0.3) is 5.91 Å². The Morgan fingerprint density at radius 3 is 2.33 bits per heavy atom. The van der Waals surface area contributed by atoms with Gasteiger partial charge >= 0.3 is 5.97 Å². The van der Waals surface area contributed by atoms with Crippen molar-refractivity contribution >= 4 is 17.7 Å². The second kappa shape index (κ2) is 9.16. The van der Waals surface area contributed by atoms with Crippen molar-refractivity contribution in [3.05, 3.63) is 77.7 Å². The molecule has 0 saturated heterocycles. The van der Waals surface area contributed by atoms with Gasteiger partial charge in [0.15, 0.2) is 0 Å². The molecule has 0 radical (unpaired) electrons. The molecule has 0 aliphatic heterocycles. The van der Waals surface area contributed by atoms with Crippen LogP contribution in [0.1, 0.15) is 17.2 Å². The molecule has 27 heavy (non-hydrogen) atoms. The van der Waals surface area contributed by atoms with Crippen molar-refractivity contribution in [3.63, 3.8) is 0 Å². The topological polar surface area (TPSA) is 143 Å². The van der Waals surface area contributed by atoms with Gasteiger partial charge in [-0.2, -0.15) is 4.99 Å². The molecule has 8 heteroatoms. The second-order valence-electron chi connectivity index (χ2n) is 5.34. The summed E-state index contributed by atoms with van der Waals surface area (Å²) in [5, 5.41) is 0. The van der Waals surface area contributed by atoms with Crippen molar-refractivity contribution in [2.24, 2.45) is 22.2 Å². The normalized spacial score (nSPS) is 13.0. The molecule has 8 nitrogen and oxygen atoms in total. The van der Waals surface area contributed by atoms with E-state index in [-0.39, 0.29) is 17.3 Å². The lowest BCUT2D eigenvalue weighted by atomic mass is 10.1. The SMILES string of the molecule is COC(=O)/C(=C/N)Oc1ccccc1C(N)C(=O)N=C(N)c1ccccc1. The van der Waals surface area contributed by atoms with Gasteiger partial charge in [0.2, 0.25) is 5.76 Å². The summed E-state index contributed by atoms with van der Waals surface area (Å²) in [7, 11) is 1.19. The van der Waals surface area contributed by atoms with Crippen molar-refractivity contribution in [1.82, 2.24) is 0 Å². The number of para-hydroxylation sites is 1. The van der Waals surface area contributed by atoms with Gasteiger partial charge in [-0.05, 0) is 6.07 Å². The van der Waals surface area contributed by atoms with Crippen LogP contribution in [0.25, 0.3) is 0 Å². The molecule has 0 bridgehead atoms. The number of ether oxygens (including phenoxy) is 2. The van der Waals surface area contributed by atoms with Crippen LogP contribution in [-0.4, -0.2) is 24.8 Å². The number of methoxy groups -OCH3 is 1. The lowest BCUT2D eigenvalue weighted by Crippen LogP contribution is -2.24. The molecule has 0 fully saturated rings. The van der Waals surface area contributed by atoms with E-state index in [1.807, 2.05) is 6.07 Å². The van der Waals surface area contributed by atoms with Crippen LogP contribution in [0.4, 0.5) is 0 Å². The Labute approximate surface area is 156 Å². The number of carbonyl (C=O) groups excluding carboxylic acids is 2. The molecule has 0 aliphatic rings. The van der Waals surface area contributed by atoms with Gasteiger partial charge in [0.1, 0.15) is 17.6 Å². The Morgan fingerprint density at radius 1 is 1.07 bits per heavy atom. The third-order valence-electron chi connectivity index (χ3n) is 3.58. The zero-order valence-corrected chi connectivity index (χ0v) is 14.7. The third-order valence-corrected chi connectivity index (χ3v) is 3.58. The minimum absolute atomic E-state index is 0.0477. The van der Waals surface area contributed by atoms with Crippen LogP contribution < -0.4 is 21.9 Å². The number of hydrogen-bond donors (Lipinski definition) is 3. The lowest BCUT2D eigenvalue weighted by molar-refractivity contribution is -0.138. The Bertz CT molecular complexity index is 878. The van der Waals surface area contributed by atoms with Crippen LogP contribution in [0.2, 0.25) is 0 Å². The maximum absolute atomic E-state index is 12.4. The number of esters is 1. The first-order chi connectivity index (χ1) is 13.0. The fourth-order valence-electron chi connectivity index (χ4n) is 2.19. The largest absolute Gasteiger partial charge is 0.463 e.